The first-order valence-corrected chi connectivity index (χ1v) is 12.4. The van der Waals surface area contributed by atoms with Gasteiger partial charge < -0.3 is 0 Å². The zero-order valence-electron chi connectivity index (χ0n) is 16.3. The van der Waals surface area contributed by atoms with E-state index in [1.165, 1.54) is 24.8 Å². The van der Waals surface area contributed by atoms with Gasteiger partial charge in [0.1, 0.15) is 5.78 Å². The number of fused-ring (bicyclic) bond motifs is 4. The summed E-state index contributed by atoms with van der Waals surface area (Å²) in [6, 6.07) is 11.2. The first-order valence-electron chi connectivity index (χ1n) is 12.4. The average molecular weight is 369 g/mol. The molecule has 0 heterocycles. The van der Waals surface area contributed by atoms with Gasteiger partial charge in [0.25, 0.3) is 0 Å². The summed E-state index contributed by atoms with van der Waals surface area (Å²) in [4.78, 5) is 14.4. The van der Waals surface area contributed by atoms with Crippen molar-refractivity contribution in [2.75, 3.05) is 0 Å². The van der Waals surface area contributed by atoms with Crippen LogP contribution < -0.4 is 0 Å². The van der Waals surface area contributed by atoms with Crippen molar-refractivity contribution in [1.82, 2.24) is 0 Å². The molecule has 0 N–H and O–H groups in total. The molecule has 1 heteroatoms. The second-order valence-electron chi connectivity index (χ2n) is 12.7. The number of benzene rings is 1. The average Bonchev–Trinajstić information content (AvgIpc) is 3.47. The van der Waals surface area contributed by atoms with Gasteiger partial charge in [0, 0.05) is 11.3 Å². The van der Waals surface area contributed by atoms with Crippen molar-refractivity contribution in [1.29, 1.82) is 0 Å². The first-order chi connectivity index (χ1) is 13.8. The van der Waals surface area contributed by atoms with E-state index in [-0.39, 0.29) is 5.41 Å². The van der Waals surface area contributed by atoms with E-state index in [9.17, 15) is 4.79 Å². The Labute approximate surface area is 166 Å². The van der Waals surface area contributed by atoms with Crippen molar-refractivity contribution in [3.63, 3.8) is 0 Å². The maximum absolute atomic E-state index is 14.4. The summed E-state index contributed by atoms with van der Waals surface area (Å²) < 4.78 is 0. The van der Waals surface area contributed by atoms with E-state index in [0.717, 1.165) is 95.1 Å². The molecule has 1 nitrogen and oxygen atoms in total. The highest BCUT2D eigenvalue weighted by molar-refractivity contribution is 5.93. The third-order valence-corrected chi connectivity index (χ3v) is 13.3. The van der Waals surface area contributed by atoms with Crippen LogP contribution in [0.2, 0.25) is 0 Å². The summed E-state index contributed by atoms with van der Waals surface area (Å²) in [6.07, 6.45) is 5.44. The van der Waals surface area contributed by atoms with Crippen molar-refractivity contribution in [2.24, 2.45) is 94.2 Å². The third kappa shape index (κ3) is 1.01. The highest BCUT2D eigenvalue weighted by Crippen LogP contribution is 2.93. The van der Waals surface area contributed by atoms with Crippen LogP contribution in [0.25, 0.3) is 0 Å². The number of ketones is 1. The Morgan fingerprint density at radius 2 is 1.43 bits per heavy atom. The molecule has 0 amide bonds. The lowest BCUT2D eigenvalue weighted by molar-refractivity contribution is -0.134. The van der Waals surface area contributed by atoms with Crippen molar-refractivity contribution in [2.45, 2.75) is 25.7 Å². The Morgan fingerprint density at radius 1 is 0.714 bits per heavy atom. The Bertz CT molecular complexity index is 975. The second-order valence-corrected chi connectivity index (χ2v) is 12.7. The fourth-order valence-electron chi connectivity index (χ4n) is 14.2. The molecule has 10 rings (SSSR count). The van der Waals surface area contributed by atoms with Crippen molar-refractivity contribution in [3.05, 3.63) is 35.9 Å². The van der Waals surface area contributed by atoms with E-state index in [2.05, 4.69) is 30.3 Å². The second kappa shape index (κ2) is 3.81. The third-order valence-electron chi connectivity index (χ3n) is 13.3. The highest BCUT2D eigenvalue weighted by Gasteiger charge is 2.92. The lowest BCUT2D eigenvalue weighted by Gasteiger charge is -2.41. The minimum absolute atomic E-state index is 0.0612. The minimum Gasteiger partial charge on any atom is -0.299 e. The molecule has 9 aliphatic rings. The Morgan fingerprint density at radius 3 is 2.32 bits per heavy atom. The predicted molar refractivity (Wildman–Crippen MR) is 104 cm³/mol. The van der Waals surface area contributed by atoms with E-state index < -0.39 is 0 Å². The molecule has 1 aromatic carbocycles. The van der Waals surface area contributed by atoms with Crippen LogP contribution in [0.15, 0.2) is 30.3 Å². The van der Waals surface area contributed by atoms with Crippen molar-refractivity contribution >= 4 is 5.78 Å². The van der Waals surface area contributed by atoms with E-state index in [1.807, 2.05) is 0 Å². The molecule has 0 aromatic heterocycles. The summed E-state index contributed by atoms with van der Waals surface area (Å²) in [5.41, 5.74) is 1.52. The smallest absolute Gasteiger partial charge is 0.143 e. The molecule has 0 saturated heterocycles. The molecule has 9 aliphatic carbocycles. The topological polar surface area (TPSA) is 17.1 Å². The molecule has 9 saturated carbocycles. The zero-order chi connectivity index (χ0) is 17.7. The van der Waals surface area contributed by atoms with E-state index in [0.29, 0.717) is 5.92 Å². The van der Waals surface area contributed by atoms with Crippen LogP contribution in [-0.2, 0) is 11.2 Å². The van der Waals surface area contributed by atoms with Gasteiger partial charge in [0.2, 0.25) is 0 Å². The summed E-state index contributed by atoms with van der Waals surface area (Å²) >= 11 is 0. The molecule has 16 atom stereocenters. The SMILES string of the molecule is O=C1C2CC3C4C5CCC6C5C5C4C4C3C2C2C4C5C6C12Cc1ccccc1. The van der Waals surface area contributed by atoms with Gasteiger partial charge >= 0.3 is 0 Å². The molecular weight excluding hydrogens is 340 g/mol. The lowest BCUT2D eigenvalue weighted by Crippen LogP contribution is -2.44. The van der Waals surface area contributed by atoms with Crippen LogP contribution in [0.4, 0.5) is 0 Å². The standard InChI is InChI=1S/C27H28O/c28-26-14-8-13-16-11-6-7-12-15(11)20-19(16)21-17(13)18(14)25-23(21)22(20)24(12)27(25,26)9-10-4-2-1-3-5-10/h1-5,11-25H,6-9H2. The number of Topliss-reactive ketones (excluding diaryl/α,β-unsaturated/α-hetero) is 1. The van der Waals surface area contributed by atoms with Crippen molar-refractivity contribution < 1.29 is 4.79 Å². The lowest BCUT2D eigenvalue weighted by atomic mass is 9.61. The number of hydrogen-bond acceptors (Lipinski definition) is 1. The maximum atomic E-state index is 14.4. The van der Waals surface area contributed by atoms with Gasteiger partial charge in [-0.15, -0.1) is 0 Å². The van der Waals surface area contributed by atoms with Crippen LogP contribution in [0.3, 0.4) is 0 Å². The van der Waals surface area contributed by atoms with E-state index in [4.69, 9.17) is 0 Å². The van der Waals surface area contributed by atoms with Crippen LogP contribution in [0.1, 0.15) is 24.8 Å². The normalized spacial score (nSPS) is 71.1. The summed E-state index contributed by atoms with van der Waals surface area (Å²) in [5.74, 6) is 15.0. The number of hydrogen-bond donors (Lipinski definition) is 0. The van der Waals surface area contributed by atoms with Crippen LogP contribution in [-0.4, -0.2) is 5.78 Å². The van der Waals surface area contributed by atoms with Gasteiger partial charge in [0.05, 0.1) is 0 Å². The molecule has 0 bridgehead atoms. The maximum Gasteiger partial charge on any atom is 0.143 e. The Balaban J connectivity index is 1.29. The van der Waals surface area contributed by atoms with Crippen LogP contribution in [0, 0.1) is 94.2 Å². The number of carbonyl (C=O) groups is 1. The molecule has 9 fully saturated rings. The molecule has 0 radical (unpaired) electrons. The summed E-state index contributed by atoms with van der Waals surface area (Å²) in [7, 11) is 0. The number of rotatable bonds is 2. The molecule has 16 unspecified atom stereocenters. The minimum atomic E-state index is 0.0612. The van der Waals surface area contributed by atoms with Gasteiger partial charge in [0.15, 0.2) is 0 Å². The van der Waals surface area contributed by atoms with Gasteiger partial charge in [-0.3, -0.25) is 4.79 Å². The molecule has 142 valence electrons. The van der Waals surface area contributed by atoms with Gasteiger partial charge in [-0.2, -0.15) is 0 Å². The van der Waals surface area contributed by atoms with E-state index in [1.54, 1.807) is 0 Å². The molecule has 0 spiro atoms. The predicted octanol–water partition coefficient (Wildman–Crippen LogP) is 4.32. The molecule has 0 aliphatic heterocycles. The first kappa shape index (κ1) is 14.0. The Hall–Kier alpha value is -1.11. The molecule has 28 heavy (non-hydrogen) atoms. The highest BCUT2D eigenvalue weighted by atomic mass is 16.1. The summed E-state index contributed by atoms with van der Waals surface area (Å²) in [5, 5.41) is 0. The van der Waals surface area contributed by atoms with Crippen LogP contribution in [0.5, 0.6) is 0 Å². The number of carbonyl (C=O) groups excluding carboxylic acids is 1. The zero-order valence-corrected chi connectivity index (χ0v) is 16.3. The summed E-state index contributed by atoms with van der Waals surface area (Å²) in [6.45, 7) is 0. The fraction of sp³-hybridized carbons (Fsp3) is 0.741. The molecule has 1 aromatic rings. The van der Waals surface area contributed by atoms with Gasteiger partial charge in [-0.05, 0) is 114 Å². The van der Waals surface area contributed by atoms with Crippen molar-refractivity contribution in [3.8, 4) is 0 Å². The fourth-order valence-corrected chi connectivity index (χ4v) is 14.2. The molecular formula is C27H28O. The van der Waals surface area contributed by atoms with Gasteiger partial charge in [-0.1, -0.05) is 30.3 Å². The van der Waals surface area contributed by atoms with Gasteiger partial charge in [-0.25, -0.2) is 0 Å². The largest absolute Gasteiger partial charge is 0.299 e. The van der Waals surface area contributed by atoms with Crippen LogP contribution >= 0.6 is 0 Å². The quantitative estimate of drug-likeness (QED) is 0.760. The van der Waals surface area contributed by atoms with E-state index >= 15 is 0 Å². The Kier molecular flexibility index (Phi) is 1.90. The monoisotopic (exact) mass is 368 g/mol.